The van der Waals surface area contributed by atoms with Gasteiger partial charge in [-0.15, -0.1) is 0 Å². The van der Waals surface area contributed by atoms with Crippen LogP contribution >= 0.6 is 0 Å². The molecule has 1 aromatic carbocycles. The van der Waals surface area contributed by atoms with Crippen LogP contribution in [0.5, 0.6) is 5.75 Å². The molecule has 0 spiro atoms. The van der Waals surface area contributed by atoms with E-state index in [2.05, 4.69) is 5.32 Å². The van der Waals surface area contributed by atoms with Crippen LogP contribution in [0.3, 0.4) is 0 Å². The summed E-state index contributed by atoms with van der Waals surface area (Å²) in [7, 11) is 1.87. The first-order valence-corrected chi connectivity index (χ1v) is 6.22. The average molecular weight is 263 g/mol. The smallest absolute Gasteiger partial charge is 0.146 e. The topological polar surface area (TPSA) is 34.4 Å². The van der Waals surface area contributed by atoms with Crippen LogP contribution < -0.4 is 10.1 Å². The number of nitrogens with one attached hydrogen (secondary N) is 1. The Hall–Kier alpha value is -1.81. The summed E-state index contributed by atoms with van der Waals surface area (Å²) in [4.78, 5) is 0. The number of rotatable bonds is 5. The van der Waals surface area contributed by atoms with E-state index in [0.29, 0.717) is 24.5 Å². The van der Waals surface area contributed by atoms with Gasteiger partial charge in [-0.2, -0.15) is 0 Å². The SMILES string of the molecule is CNCc1oc(COc2ccc(C)c(F)c2)cc1C. The molecule has 0 aliphatic rings. The van der Waals surface area contributed by atoms with E-state index < -0.39 is 0 Å². The number of hydrogen-bond donors (Lipinski definition) is 1. The summed E-state index contributed by atoms with van der Waals surface area (Å²) in [6, 6.07) is 6.78. The predicted molar refractivity (Wildman–Crippen MR) is 71.7 cm³/mol. The van der Waals surface area contributed by atoms with Crippen molar-refractivity contribution >= 4 is 0 Å². The van der Waals surface area contributed by atoms with Crippen molar-refractivity contribution in [1.29, 1.82) is 0 Å². The molecule has 0 amide bonds. The third-order valence-electron chi connectivity index (χ3n) is 2.93. The molecule has 4 heteroatoms. The van der Waals surface area contributed by atoms with Crippen molar-refractivity contribution in [2.24, 2.45) is 0 Å². The predicted octanol–water partition coefficient (Wildman–Crippen LogP) is 3.33. The lowest BCUT2D eigenvalue weighted by atomic mass is 10.2. The van der Waals surface area contributed by atoms with Gasteiger partial charge in [0.25, 0.3) is 0 Å². The molecule has 19 heavy (non-hydrogen) atoms. The maximum atomic E-state index is 13.4. The molecule has 0 fully saturated rings. The minimum Gasteiger partial charge on any atom is -0.486 e. The van der Waals surface area contributed by atoms with E-state index in [0.717, 1.165) is 17.1 Å². The zero-order valence-electron chi connectivity index (χ0n) is 11.4. The Bertz CT molecular complexity index is 563. The molecule has 0 saturated heterocycles. The van der Waals surface area contributed by atoms with Gasteiger partial charge in [0, 0.05) is 6.07 Å². The largest absolute Gasteiger partial charge is 0.486 e. The highest BCUT2D eigenvalue weighted by molar-refractivity contribution is 5.28. The molecule has 2 rings (SSSR count). The Morgan fingerprint density at radius 2 is 2.00 bits per heavy atom. The molecule has 0 aliphatic carbocycles. The second kappa shape index (κ2) is 5.89. The number of furan rings is 1. The fourth-order valence-electron chi connectivity index (χ4n) is 1.82. The highest BCUT2D eigenvalue weighted by Crippen LogP contribution is 2.19. The number of hydrogen-bond acceptors (Lipinski definition) is 3. The Labute approximate surface area is 112 Å². The highest BCUT2D eigenvalue weighted by atomic mass is 19.1. The van der Waals surface area contributed by atoms with Gasteiger partial charge in [0.1, 0.15) is 29.7 Å². The van der Waals surface area contributed by atoms with Crippen LogP contribution in [0.2, 0.25) is 0 Å². The van der Waals surface area contributed by atoms with Crippen LogP contribution in [-0.2, 0) is 13.2 Å². The third kappa shape index (κ3) is 3.35. The van der Waals surface area contributed by atoms with E-state index in [4.69, 9.17) is 9.15 Å². The Balaban J connectivity index is 2.01. The normalized spacial score (nSPS) is 10.7. The molecule has 102 valence electrons. The summed E-state index contributed by atoms with van der Waals surface area (Å²) in [5.74, 6) is 1.89. The molecule has 0 bridgehead atoms. The molecule has 0 saturated carbocycles. The standard InChI is InChI=1S/C15H18FNO2/c1-10-4-5-12(7-14(10)16)18-9-13-6-11(2)15(19-13)8-17-3/h4-7,17H,8-9H2,1-3H3. The van der Waals surface area contributed by atoms with E-state index in [-0.39, 0.29) is 5.82 Å². The Kier molecular flexibility index (Phi) is 4.22. The highest BCUT2D eigenvalue weighted by Gasteiger charge is 2.08. The molecule has 3 nitrogen and oxygen atoms in total. The molecule has 1 aromatic heterocycles. The number of ether oxygens (including phenoxy) is 1. The number of aryl methyl sites for hydroxylation is 2. The van der Waals surface area contributed by atoms with Crippen LogP contribution in [0, 0.1) is 19.7 Å². The fraction of sp³-hybridized carbons (Fsp3) is 0.333. The van der Waals surface area contributed by atoms with Crippen LogP contribution in [0.4, 0.5) is 4.39 Å². The quantitative estimate of drug-likeness (QED) is 0.898. The van der Waals surface area contributed by atoms with Crippen molar-refractivity contribution in [3.8, 4) is 5.75 Å². The van der Waals surface area contributed by atoms with Gasteiger partial charge in [-0.25, -0.2) is 4.39 Å². The van der Waals surface area contributed by atoms with Gasteiger partial charge in [0.15, 0.2) is 0 Å². The minimum absolute atomic E-state index is 0.260. The minimum atomic E-state index is -0.260. The van der Waals surface area contributed by atoms with E-state index in [1.165, 1.54) is 6.07 Å². The van der Waals surface area contributed by atoms with Crippen molar-refractivity contribution in [2.45, 2.75) is 27.0 Å². The van der Waals surface area contributed by atoms with Gasteiger partial charge in [-0.1, -0.05) is 6.07 Å². The van der Waals surface area contributed by atoms with Crippen LogP contribution in [0.25, 0.3) is 0 Å². The van der Waals surface area contributed by atoms with Gasteiger partial charge >= 0.3 is 0 Å². The zero-order chi connectivity index (χ0) is 13.8. The van der Waals surface area contributed by atoms with Crippen LogP contribution in [0.15, 0.2) is 28.7 Å². The summed E-state index contributed by atoms with van der Waals surface area (Å²) < 4.78 is 24.5. The summed E-state index contributed by atoms with van der Waals surface area (Å²) in [6.45, 7) is 4.70. The molecule has 2 aromatic rings. The summed E-state index contributed by atoms with van der Waals surface area (Å²) in [6.07, 6.45) is 0. The van der Waals surface area contributed by atoms with Crippen molar-refractivity contribution in [2.75, 3.05) is 7.05 Å². The lowest BCUT2D eigenvalue weighted by Gasteiger charge is -2.05. The molecule has 0 atom stereocenters. The lowest BCUT2D eigenvalue weighted by Crippen LogP contribution is -2.04. The fourth-order valence-corrected chi connectivity index (χ4v) is 1.82. The monoisotopic (exact) mass is 263 g/mol. The molecule has 1 heterocycles. The third-order valence-corrected chi connectivity index (χ3v) is 2.93. The maximum absolute atomic E-state index is 13.4. The Morgan fingerprint density at radius 1 is 1.21 bits per heavy atom. The average Bonchev–Trinajstić information content (AvgIpc) is 2.72. The van der Waals surface area contributed by atoms with Crippen LogP contribution in [-0.4, -0.2) is 7.05 Å². The van der Waals surface area contributed by atoms with Crippen molar-refractivity contribution in [1.82, 2.24) is 5.32 Å². The zero-order valence-corrected chi connectivity index (χ0v) is 11.4. The maximum Gasteiger partial charge on any atom is 0.146 e. The first-order valence-electron chi connectivity index (χ1n) is 6.22. The van der Waals surface area contributed by atoms with Crippen molar-refractivity contribution in [3.63, 3.8) is 0 Å². The molecule has 0 aliphatic heterocycles. The first kappa shape index (κ1) is 13.6. The van der Waals surface area contributed by atoms with Crippen LogP contribution in [0.1, 0.15) is 22.6 Å². The summed E-state index contributed by atoms with van der Waals surface area (Å²) in [5.41, 5.74) is 1.69. The lowest BCUT2D eigenvalue weighted by molar-refractivity contribution is 0.264. The molecule has 0 radical (unpaired) electrons. The van der Waals surface area contributed by atoms with Gasteiger partial charge in [0.05, 0.1) is 6.54 Å². The second-order valence-electron chi connectivity index (χ2n) is 4.55. The van der Waals surface area contributed by atoms with Gasteiger partial charge < -0.3 is 14.5 Å². The molecular formula is C15H18FNO2. The van der Waals surface area contributed by atoms with E-state index in [1.807, 2.05) is 20.0 Å². The second-order valence-corrected chi connectivity index (χ2v) is 4.55. The van der Waals surface area contributed by atoms with Gasteiger partial charge in [-0.3, -0.25) is 0 Å². The van der Waals surface area contributed by atoms with Crippen molar-refractivity contribution < 1.29 is 13.5 Å². The van der Waals surface area contributed by atoms with E-state index >= 15 is 0 Å². The van der Waals surface area contributed by atoms with Crippen molar-refractivity contribution in [3.05, 3.63) is 52.7 Å². The van der Waals surface area contributed by atoms with Gasteiger partial charge in [0.2, 0.25) is 0 Å². The molecular weight excluding hydrogens is 245 g/mol. The Morgan fingerprint density at radius 3 is 2.68 bits per heavy atom. The van der Waals surface area contributed by atoms with Gasteiger partial charge in [-0.05, 0) is 44.2 Å². The summed E-state index contributed by atoms with van der Waals surface area (Å²) >= 11 is 0. The number of halogens is 1. The summed E-state index contributed by atoms with van der Waals surface area (Å²) in [5, 5.41) is 3.04. The first-order chi connectivity index (χ1) is 9.10. The molecule has 1 N–H and O–H groups in total. The van der Waals surface area contributed by atoms with E-state index in [9.17, 15) is 4.39 Å². The molecule has 0 unspecified atom stereocenters. The number of benzene rings is 1. The van der Waals surface area contributed by atoms with E-state index in [1.54, 1.807) is 19.1 Å².